The van der Waals surface area contributed by atoms with Crippen LogP contribution in [-0.4, -0.2) is 94.4 Å². The fourth-order valence-electron chi connectivity index (χ4n) is 3.58. The van der Waals surface area contributed by atoms with Crippen molar-refractivity contribution < 1.29 is 23.8 Å². The van der Waals surface area contributed by atoms with Crippen molar-refractivity contribution in [3.63, 3.8) is 0 Å². The van der Waals surface area contributed by atoms with E-state index in [-0.39, 0.29) is 17.8 Å². The molecule has 3 heterocycles. The van der Waals surface area contributed by atoms with Crippen molar-refractivity contribution in [1.29, 1.82) is 0 Å². The highest BCUT2D eigenvalue weighted by molar-refractivity contribution is 7.99. The first kappa shape index (κ1) is 23.6. The fourth-order valence-corrected chi connectivity index (χ4v) is 4.37. The van der Waals surface area contributed by atoms with Crippen LogP contribution in [0.3, 0.4) is 0 Å². The lowest BCUT2D eigenvalue weighted by molar-refractivity contribution is -0.129. The highest BCUT2D eigenvalue weighted by atomic mass is 32.2. The van der Waals surface area contributed by atoms with Gasteiger partial charge in [0.1, 0.15) is 0 Å². The highest BCUT2D eigenvalue weighted by Gasteiger charge is 2.25. The van der Waals surface area contributed by atoms with E-state index in [2.05, 4.69) is 15.3 Å². The van der Waals surface area contributed by atoms with Crippen molar-refractivity contribution in [3.05, 3.63) is 30.3 Å². The second-order valence-corrected chi connectivity index (χ2v) is 8.34. The van der Waals surface area contributed by atoms with Gasteiger partial charge in [0.05, 0.1) is 32.3 Å². The maximum Gasteiger partial charge on any atom is 0.409 e. The Morgan fingerprint density at radius 3 is 2.41 bits per heavy atom. The van der Waals surface area contributed by atoms with Crippen molar-refractivity contribution in [3.8, 4) is 22.8 Å². The van der Waals surface area contributed by atoms with E-state index in [0.29, 0.717) is 60.8 Å². The zero-order valence-electron chi connectivity index (χ0n) is 19.3. The summed E-state index contributed by atoms with van der Waals surface area (Å²) in [5, 5.41) is 13.5. The maximum absolute atomic E-state index is 12.7. The number of hydrogen-bond acceptors (Lipinski definition) is 9. The number of hydrogen-bond donors (Lipinski definition) is 0. The molecule has 0 N–H and O–H groups in total. The van der Waals surface area contributed by atoms with Crippen LogP contribution in [0.25, 0.3) is 16.9 Å². The SMILES string of the molecule is CCOC(=O)N1CCN(C(=O)CSc2nnc3ccc(-c4ccc(OC)c(OC)c4)nn23)CC1. The summed E-state index contributed by atoms with van der Waals surface area (Å²) in [6.07, 6.45) is -0.338. The number of aromatic nitrogens is 4. The van der Waals surface area contributed by atoms with Crippen LogP contribution >= 0.6 is 11.8 Å². The van der Waals surface area contributed by atoms with Crippen LogP contribution in [0.15, 0.2) is 35.5 Å². The Balaban J connectivity index is 1.42. The average molecular weight is 487 g/mol. The molecule has 1 saturated heterocycles. The van der Waals surface area contributed by atoms with Crippen LogP contribution in [0.2, 0.25) is 0 Å². The third-order valence-electron chi connectivity index (χ3n) is 5.40. The molecule has 12 heteroatoms. The van der Waals surface area contributed by atoms with Crippen LogP contribution in [0.5, 0.6) is 11.5 Å². The van der Waals surface area contributed by atoms with Crippen LogP contribution in [0.4, 0.5) is 4.79 Å². The van der Waals surface area contributed by atoms with Gasteiger partial charge in [-0.1, -0.05) is 11.8 Å². The third kappa shape index (κ3) is 5.01. The molecule has 1 fully saturated rings. The van der Waals surface area contributed by atoms with Gasteiger partial charge in [-0.15, -0.1) is 10.2 Å². The van der Waals surface area contributed by atoms with E-state index in [4.69, 9.17) is 14.2 Å². The average Bonchev–Trinajstić information content (AvgIpc) is 3.29. The Morgan fingerprint density at radius 2 is 1.71 bits per heavy atom. The van der Waals surface area contributed by atoms with Gasteiger partial charge in [-0.25, -0.2) is 4.79 Å². The van der Waals surface area contributed by atoms with Crippen LogP contribution < -0.4 is 9.47 Å². The van der Waals surface area contributed by atoms with E-state index in [1.165, 1.54) is 11.8 Å². The third-order valence-corrected chi connectivity index (χ3v) is 6.30. The topological polar surface area (TPSA) is 111 Å². The second kappa shape index (κ2) is 10.6. The van der Waals surface area contributed by atoms with Crippen molar-refractivity contribution in [2.75, 3.05) is 52.8 Å². The molecule has 0 aliphatic carbocycles. The molecular formula is C22H26N6O5S. The molecule has 11 nitrogen and oxygen atoms in total. The number of carbonyl (C=O) groups excluding carboxylic acids is 2. The van der Waals surface area contributed by atoms with Gasteiger partial charge < -0.3 is 24.0 Å². The number of benzene rings is 1. The summed E-state index contributed by atoms with van der Waals surface area (Å²) in [7, 11) is 3.17. The number of rotatable bonds is 7. The molecule has 2 amide bonds. The summed E-state index contributed by atoms with van der Waals surface area (Å²) >= 11 is 1.28. The first-order valence-corrected chi connectivity index (χ1v) is 11.8. The fraction of sp³-hybridized carbons (Fsp3) is 0.409. The standard InChI is InChI=1S/C22H26N6O5S/c1-4-33-22(30)27-11-9-26(10-12-27)20(29)14-34-21-24-23-19-8-6-16(25-28(19)21)15-5-7-17(31-2)18(13-15)32-3/h5-8,13H,4,9-12,14H2,1-3H3. The molecule has 0 bridgehead atoms. The van der Waals surface area contributed by atoms with E-state index in [0.717, 1.165) is 5.56 Å². The molecule has 0 radical (unpaired) electrons. The molecule has 1 aromatic carbocycles. The molecule has 1 aliphatic rings. The van der Waals surface area contributed by atoms with Gasteiger partial charge in [0.25, 0.3) is 0 Å². The second-order valence-electron chi connectivity index (χ2n) is 7.40. The van der Waals surface area contributed by atoms with Gasteiger partial charge in [-0.2, -0.15) is 9.61 Å². The minimum absolute atomic E-state index is 0.0266. The summed E-state index contributed by atoms with van der Waals surface area (Å²) in [6.45, 7) is 3.97. The highest BCUT2D eigenvalue weighted by Crippen LogP contribution is 2.31. The summed E-state index contributed by atoms with van der Waals surface area (Å²) in [5.74, 6) is 1.41. The molecule has 3 aromatic rings. The van der Waals surface area contributed by atoms with Crippen molar-refractivity contribution >= 4 is 29.4 Å². The van der Waals surface area contributed by atoms with Crippen LogP contribution in [-0.2, 0) is 9.53 Å². The summed E-state index contributed by atoms with van der Waals surface area (Å²) in [6, 6.07) is 9.25. The number of thioether (sulfide) groups is 1. The quantitative estimate of drug-likeness (QED) is 0.464. The summed E-state index contributed by atoms with van der Waals surface area (Å²) < 4.78 is 17.3. The number of methoxy groups -OCH3 is 2. The number of fused-ring (bicyclic) bond motifs is 1. The predicted octanol–water partition coefficient (Wildman–Crippen LogP) is 2.20. The molecular weight excluding hydrogens is 460 g/mol. The number of piperazine rings is 1. The van der Waals surface area contributed by atoms with Crippen molar-refractivity contribution in [2.24, 2.45) is 0 Å². The molecule has 0 saturated carbocycles. The monoisotopic (exact) mass is 486 g/mol. The Bertz CT molecular complexity index is 1180. The van der Waals surface area contributed by atoms with Crippen LogP contribution in [0.1, 0.15) is 6.92 Å². The maximum atomic E-state index is 12.7. The van der Waals surface area contributed by atoms with E-state index in [1.807, 2.05) is 30.3 Å². The van der Waals surface area contributed by atoms with Gasteiger partial charge in [0.15, 0.2) is 17.1 Å². The van der Waals surface area contributed by atoms with Crippen molar-refractivity contribution in [1.82, 2.24) is 29.6 Å². The van der Waals surface area contributed by atoms with Gasteiger partial charge in [0, 0.05) is 31.7 Å². The number of ether oxygens (including phenoxy) is 3. The summed E-state index contributed by atoms with van der Waals surface area (Å²) in [4.78, 5) is 27.9. The lowest BCUT2D eigenvalue weighted by Gasteiger charge is -2.33. The molecule has 4 rings (SSSR count). The number of amides is 2. The smallest absolute Gasteiger partial charge is 0.409 e. The first-order valence-electron chi connectivity index (χ1n) is 10.8. The molecule has 0 atom stereocenters. The van der Waals surface area contributed by atoms with Gasteiger partial charge in [0.2, 0.25) is 11.1 Å². The van der Waals surface area contributed by atoms with E-state index < -0.39 is 0 Å². The van der Waals surface area contributed by atoms with Crippen molar-refractivity contribution in [2.45, 2.75) is 12.1 Å². The normalized spacial score (nSPS) is 13.7. The van der Waals surface area contributed by atoms with E-state index >= 15 is 0 Å². The molecule has 2 aromatic heterocycles. The molecule has 1 aliphatic heterocycles. The van der Waals surface area contributed by atoms with E-state index in [1.54, 1.807) is 35.5 Å². The minimum Gasteiger partial charge on any atom is -0.493 e. The summed E-state index contributed by atoms with van der Waals surface area (Å²) in [5.41, 5.74) is 2.14. The number of carbonyl (C=O) groups is 2. The lowest BCUT2D eigenvalue weighted by Crippen LogP contribution is -2.51. The zero-order valence-corrected chi connectivity index (χ0v) is 20.1. The Kier molecular flexibility index (Phi) is 7.36. The Morgan fingerprint density at radius 1 is 0.971 bits per heavy atom. The number of nitrogens with zero attached hydrogens (tertiary/aromatic N) is 6. The largest absolute Gasteiger partial charge is 0.493 e. The van der Waals surface area contributed by atoms with E-state index in [9.17, 15) is 9.59 Å². The molecule has 0 unspecified atom stereocenters. The lowest BCUT2D eigenvalue weighted by atomic mass is 10.1. The molecule has 34 heavy (non-hydrogen) atoms. The molecule has 180 valence electrons. The van der Waals surface area contributed by atoms with Gasteiger partial charge >= 0.3 is 6.09 Å². The van der Waals surface area contributed by atoms with Gasteiger partial charge in [-0.05, 0) is 37.3 Å². The Labute approximate surface area is 201 Å². The van der Waals surface area contributed by atoms with Gasteiger partial charge in [-0.3, -0.25) is 4.79 Å². The zero-order chi connectivity index (χ0) is 24.1. The predicted molar refractivity (Wildman–Crippen MR) is 125 cm³/mol. The Hall–Kier alpha value is -3.54. The molecule has 0 spiro atoms. The minimum atomic E-state index is -0.338. The van der Waals surface area contributed by atoms with Crippen LogP contribution in [0, 0.1) is 0 Å². The first-order chi connectivity index (χ1) is 16.5.